The largest absolute Gasteiger partial charge is 0.481 e. The molecule has 0 spiro atoms. The summed E-state index contributed by atoms with van der Waals surface area (Å²) in [6.07, 6.45) is 1.01. The molecule has 1 amide bonds. The molecule has 1 rings (SSSR count). The molecule has 1 atom stereocenters. The monoisotopic (exact) mass is 319 g/mol. The summed E-state index contributed by atoms with van der Waals surface area (Å²) in [6, 6.07) is 0. The summed E-state index contributed by atoms with van der Waals surface area (Å²) in [7, 11) is -3.55. The van der Waals surface area contributed by atoms with Gasteiger partial charge in [0, 0.05) is 13.0 Å². The Morgan fingerprint density at radius 1 is 1.29 bits per heavy atom. The molecular formula is C14H25NO5S. The van der Waals surface area contributed by atoms with E-state index < -0.39 is 20.7 Å². The maximum absolute atomic E-state index is 12.0. The van der Waals surface area contributed by atoms with E-state index in [0.717, 1.165) is 4.31 Å². The molecule has 1 heterocycles. The number of rotatable bonds is 6. The maximum Gasteiger partial charge on any atom is 0.303 e. The van der Waals surface area contributed by atoms with E-state index >= 15 is 0 Å². The van der Waals surface area contributed by atoms with Gasteiger partial charge in [-0.05, 0) is 38.0 Å². The fraction of sp³-hybridized carbons (Fsp3) is 0.857. The average molecular weight is 319 g/mol. The maximum atomic E-state index is 12.0. The third-order valence-corrected chi connectivity index (χ3v) is 6.68. The number of hydrogen-bond donors (Lipinski definition) is 1. The van der Waals surface area contributed by atoms with Gasteiger partial charge in [0.15, 0.2) is 4.75 Å². The van der Waals surface area contributed by atoms with Crippen molar-refractivity contribution >= 4 is 21.9 Å². The van der Waals surface area contributed by atoms with Crippen molar-refractivity contribution in [2.75, 3.05) is 6.54 Å². The lowest BCUT2D eigenvalue weighted by molar-refractivity contribution is -0.138. The predicted molar refractivity (Wildman–Crippen MR) is 79.1 cm³/mol. The van der Waals surface area contributed by atoms with Crippen molar-refractivity contribution in [1.82, 2.24) is 4.31 Å². The quantitative estimate of drug-likeness (QED) is 0.806. The van der Waals surface area contributed by atoms with E-state index in [1.165, 1.54) is 13.8 Å². The van der Waals surface area contributed by atoms with Gasteiger partial charge >= 0.3 is 5.97 Å². The second-order valence-electron chi connectivity index (χ2n) is 7.18. The zero-order chi connectivity index (χ0) is 16.6. The van der Waals surface area contributed by atoms with Crippen molar-refractivity contribution in [2.24, 2.45) is 11.3 Å². The Labute approximate surface area is 126 Å². The highest BCUT2D eigenvalue weighted by atomic mass is 32.2. The number of sulfonamides is 1. The first-order valence-electron chi connectivity index (χ1n) is 7.10. The van der Waals surface area contributed by atoms with Gasteiger partial charge < -0.3 is 5.11 Å². The molecule has 122 valence electrons. The van der Waals surface area contributed by atoms with Gasteiger partial charge in [-0.25, -0.2) is 12.7 Å². The Bertz CT molecular complexity index is 530. The van der Waals surface area contributed by atoms with Crippen LogP contribution >= 0.6 is 0 Å². The van der Waals surface area contributed by atoms with Gasteiger partial charge in [-0.15, -0.1) is 0 Å². The van der Waals surface area contributed by atoms with Gasteiger partial charge in [-0.2, -0.15) is 0 Å². The van der Waals surface area contributed by atoms with E-state index in [1.54, 1.807) is 0 Å². The highest BCUT2D eigenvalue weighted by molar-refractivity contribution is 7.94. The van der Waals surface area contributed by atoms with Gasteiger partial charge in [0.1, 0.15) is 0 Å². The highest BCUT2D eigenvalue weighted by Crippen LogP contribution is 2.38. The van der Waals surface area contributed by atoms with E-state index in [0.29, 0.717) is 12.8 Å². The normalized spacial score (nSPS) is 21.8. The standard InChI is InChI=1S/C14H25NO5S/c1-13(2,3)10(6-7-11(16)17)8-9-15-12(18)14(4,5)21(15,19)20/h10H,6-9H2,1-5H3,(H,16,17). The summed E-state index contributed by atoms with van der Waals surface area (Å²) < 4.78 is 23.6. The van der Waals surface area contributed by atoms with Crippen LogP contribution in [0.1, 0.15) is 53.9 Å². The van der Waals surface area contributed by atoms with Crippen molar-refractivity contribution in [2.45, 2.75) is 58.6 Å². The lowest BCUT2D eigenvalue weighted by atomic mass is 9.76. The number of amides is 1. The molecule has 0 bridgehead atoms. The van der Waals surface area contributed by atoms with Crippen molar-refractivity contribution < 1.29 is 23.1 Å². The number of aliphatic carboxylic acids is 1. The van der Waals surface area contributed by atoms with Crippen LogP contribution in [0.2, 0.25) is 0 Å². The van der Waals surface area contributed by atoms with Crippen LogP contribution in [0, 0.1) is 11.3 Å². The van der Waals surface area contributed by atoms with Gasteiger partial charge in [-0.3, -0.25) is 9.59 Å². The van der Waals surface area contributed by atoms with Crippen molar-refractivity contribution in [1.29, 1.82) is 0 Å². The second-order valence-corrected chi connectivity index (χ2v) is 9.59. The Hall–Kier alpha value is -1.11. The molecular weight excluding hydrogens is 294 g/mol. The molecule has 1 N–H and O–H groups in total. The first-order valence-corrected chi connectivity index (χ1v) is 8.54. The lowest BCUT2D eigenvalue weighted by Gasteiger charge is -2.44. The zero-order valence-corrected chi connectivity index (χ0v) is 14.2. The molecule has 21 heavy (non-hydrogen) atoms. The molecule has 0 aromatic carbocycles. The zero-order valence-electron chi connectivity index (χ0n) is 13.3. The van der Waals surface area contributed by atoms with Gasteiger partial charge in [-0.1, -0.05) is 20.8 Å². The molecule has 6 nitrogen and oxygen atoms in total. The Kier molecular flexibility index (Phi) is 4.77. The molecule has 1 unspecified atom stereocenters. The minimum atomic E-state index is -3.55. The number of carboxylic acid groups (broad SMARTS) is 1. The summed E-state index contributed by atoms with van der Waals surface area (Å²) >= 11 is 0. The Balaban J connectivity index is 2.71. The summed E-state index contributed by atoms with van der Waals surface area (Å²) in [6.45, 7) is 8.94. The van der Waals surface area contributed by atoms with Gasteiger partial charge in [0.25, 0.3) is 15.9 Å². The van der Waals surface area contributed by atoms with Crippen LogP contribution in [-0.4, -0.2) is 41.0 Å². The fourth-order valence-electron chi connectivity index (χ4n) is 2.56. The molecule has 0 aliphatic carbocycles. The van der Waals surface area contributed by atoms with E-state index in [2.05, 4.69) is 0 Å². The number of nitrogens with zero attached hydrogens (tertiary/aromatic N) is 1. The summed E-state index contributed by atoms with van der Waals surface area (Å²) in [5, 5.41) is 8.80. The second kappa shape index (κ2) is 5.59. The van der Waals surface area contributed by atoms with Crippen LogP contribution in [0.15, 0.2) is 0 Å². The third kappa shape index (κ3) is 3.39. The number of carbonyl (C=O) groups is 2. The van der Waals surface area contributed by atoms with E-state index in [4.69, 9.17) is 5.11 Å². The van der Waals surface area contributed by atoms with Crippen molar-refractivity contribution in [3.63, 3.8) is 0 Å². The first-order chi connectivity index (χ1) is 9.31. The molecule has 0 radical (unpaired) electrons. The van der Waals surface area contributed by atoms with E-state index in [9.17, 15) is 18.0 Å². The Morgan fingerprint density at radius 2 is 1.81 bits per heavy atom. The third-order valence-electron chi connectivity index (χ3n) is 4.29. The molecule has 0 saturated carbocycles. The van der Waals surface area contributed by atoms with Crippen LogP contribution in [0.4, 0.5) is 0 Å². The van der Waals surface area contributed by atoms with Crippen LogP contribution in [-0.2, 0) is 19.6 Å². The highest BCUT2D eigenvalue weighted by Gasteiger charge is 2.59. The van der Waals surface area contributed by atoms with E-state index in [-0.39, 0.29) is 30.2 Å². The van der Waals surface area contributed by atoms with Crippen LogP contribution in [0.5, 0.6) is 0 Å². The summed E-state index contributed by atoms with van der Waals surface area (Å²) in [5.41, 5.74) is -0.136. The fourth-order valence-corrected chi connectivity index (χ4v) is 4.10. The molecule has 7 heteroatoms. The summed E-state index contributed by atoms with van der Waals surface area (Å²) in [5.74, 6) is -1.20. The van der Waals surface area contributed by atoms with Gasteiger partial charge in [0.2, 0.25) is 0 Å². The van der Waals surface area contributed by atoms with Crippen LogP contribution in [0.25, 0.3) is 0 Å². The predicted octanol–water partition coefficient (Wildman–Crippen LogP) is 1.85. The molecule has 1 saturated heterocycles. The van der Waals surface area contributed by atoms with Crippen LogP contribution in [0.3, 0.4) is 0 Å². The average Bonchev–Trinajstić information content (AvgIpc) is 2.30. The number of hydrogen-bond acceptors (Lipinski definition) is 4. The van der Waals surface area contributed by atoms with Crippen molar-refractivity contribution in [3.8, 4) is 0 Å². The van der Waals surface area contributed by atoms with Crippen LogP contribution < -0.4 is 0 Å². The molecule has 0 aromatic heterocycles. The Morgan fingerprint density at radius 3 is 2.19 bits per heavy atom. The molecule has 1 aliphatic rings. The number of carboxylic acids is 1. The molecule has 0 aromatic rings. The topological polar surface area (TPSA) is 91.8 Å². The van der Waals surface area contributed by atoms with Crippen molar-refractivity contribution in [3.05, 3.63) is 0 Å². The van der Waals surface area contributed by atoms with E-state index in [1.807, 2.05) is 20.8 Å². The minimum absolute atomic E-state index is 0.0420. The van der Waals surface area contributed by atoms with Gasteiger partial charge in [0.05, 0.1) is 0 Å². The minimum Gasteiger partial charge on any atom is -0.481 e. The first kappa shape index (κ1) is 17.9. The molecule has 1 aliphatic heterocycles. The molecule has 1 fully saturated rings. The smallest absolute Gasteiger partial charge is 0.303 e. The summed E-state index contributed by atoms with van der Waals surface area (Å²) in [4.78, 5) is 22.6. The SMILES string of the molecule is CC(C)(C)C(CCC(=O)O)CCN1C(=O)C(C)(C)S1(=O)=O. The lowest BCUT2D eigenvalue weighted by Crippen LogP contribution is -2.67. The number of carbonyl (C=O) groups excluding carboxylic acids is 1.